The highest BCUT2D eigenvalue weighted by atomic mass is 16.5. The Bertz CT molecular complexity index is 651. The molecule has 22 heavy (non-hydrogen) atoms. The monoisotopic (exact) mass is 299 g/mol. The van der Waals surface area contributed by atoms with Gasteiger partial charge in [0, 0.05) is 37.5 Å². The molecule has 2 aromatic heterocycles. The molecule has 0 spiro atoms. The van der Waals surface area contributed by atoms with E-state index in [4.69, 9.17) is 4.74 Å². The minimum Gasteiger partial charge on any atom is -0.371 e. The van der Waals surface area contributed by atoms with Crippen LogP contribution in [-0.4, -0.2) is 32.4 Å². The quantitative estimate of drug-likeness (QED) is 0.939. The first-order valence-corrected chi connectivity index (χ1v) is 7.99. The standard InChI is InChI=1S/C16H21N5O/c1-21-10-12(9-18-21)15-13(3-2-8-22-15)19-14-6-7-17-16(20-14)11-4-5-11/h6-7,9-11,13,15H,2-5,8H2,1H3,(H,17,19,20)/t13-,15+/m0/s1. The lowest BCUT2D eigenvalue weighted by atomic mass is 9.98. The number of anilines is 1. The summed E-state index contributed by atoms with van der Waals surface area (Å²) < 4.78 is 7.81. The van der Waals surface area contributed by atoms with E-state index in [0.29, 0.717) is 5.92 Å². The third-order valence-corrected chi connectivity index (χ3v) is 4.33. The van der Waals surface area contributed by atoms with Crippen LogP contribution in [0.2, 0.25) is 0 Å². The van der Waals surface area contributed by atoms with Crippen LogP contribution in [0.15, 0.2) is 24.7 Å². The van der Waals surface area contributed by atoms with Crippen LogP contribution in [0.4, 0.5) is 5.82 Å². The van der Waals surface area contributed by atoms with E-state index < -0.39 is 0 Å². The first-order chi connectivity index (χ1) is 10.8. The Labute approximate surface area is 129 Å². The van der Waals surface area contributed by atoms with Gasteiger partial charge in [0.15, 0.2) is 0 Å². The zero-order chi connectivity index (χ0) is 14.9. The summed E-state index contributed by atoms with van der Waals surface area (Å²) in [6, 6.07) is 2.17. The Morgan fingerprint density at radius 1 is 1.32 bits per heavy atom. The Morgan fingerprint density at radius 2 is 2.23 bits per heavy atom. The van der Waals surface area contributed by atoms with Crippen LogP contribution in [0, 0.1) is 0 Å². The van der Waals surface area contributed by atoms with E-state index in [9.17, 15) is 0 Å². The Hall–Kier alpha value is -1.95. The summed E-state index contributed by atoms with van der Waals surface area (Å²) in [5.41, 5.74) is 1.12. The van der Waals surface area contributed by atoms with Crippen LogP contribution >= 0.6 is 0 Å². The van der Waals surface area contributed by atoms with Crippen LogP contribution in [-0.2, 0) is 11.8 Å². The molecule has 4 rings (SSSR count). The van der Waals surface area contributed by atoms with Crippen molar-refractivity contribution in [3.63, 3.8) is 0 Å². The second-order valence-corrected chi connectivity index (χ2v) is 6.21. The van der Waals surface area contributed by atoms with Gasteiger partial charge in [-0.3, -0.25) is 4.68 Å². The number of hydrogen-bond donors (Lipinski definition) is 1. The van der Waals surface area contributed by atoms with Crippen molar-refractivity contribution in [2.45, 2.75) is 43.7 Å². The van der Waals surface area contributed by atoms with Gasteiger partial charge in [0.25, 0.3) is 0 Å². The maximum atomic E-state index is 5.99. The van der Waals surface area contributed by atoms with Crippen LogP contribution in [0.1, 0.15) is 49.1 Å². The minimum atomic E-state index is 0.0294. The van der Waals surface area contributed by atoms with E-state index >= 15 is 0 Å². The largest absolute Gasteiger partial charge is 0.371 e. The molecule has 2 aromatic rings. The van der Waals surface area contributed by atoms with Gasteiger partial charge >= 0.3 is 0 Å². The summed E-state index contributed by atoms with van der Waals surface area (Å²) in [7, 11) is 1.93. The lowest BCUT2D eigenvalue weighted by Crippen LogP contribution is -2.34. The molecule has 1 N–H and O–H groups in total. The third kappa shape index (κ3) is 2.83. The molecule has 6 heteroatoms. The molecule has 6 nitrogen and oxygen atoms in total. The fraction of sp³-hybridized carbons (Fsp3) is 0.562. The molecule has 1 saturated carbocycles. The molecule has 0 bridgehead atoms. The van der Waals surface area contributed by atoms with Gasteiger partial charge < -0.3 is 10.1 Å². The lowest BCUT2D eigenvalue weighted by molar-refractivity contribution is 0.00551. The van der Waals surface area contributed by atoms with Crippen molar-refractivity contribution < 1.29 is 4.74 Å². The zero-order valence-corrected chi connectivity index (χ0v) is 12.8. The number of aryl methyl sites for hydroxylation is 1. The maximum absolute atomic E-state index is 5.99. The van der Waals surface area contributed by atoms with E-state index in [0.717, 1.165) is 36.7 Å². The van der Waals surface area contributed by atoms with Gasteiger partial charge in [0.2, 0.25) is 0 Å². The number of hydrogen-bond acceptors (Lipinski definition) is 5. The van der Waals surface area contributed by atoms with Gasteiger partial charge in [-0.2, -0.15) is 5.10 Å². The van der Waals surface area contributed by atoms with Crippen molar-refractivity contribution >= 4 is 5.82 Å². The van der Waals surface area contributed by atoms with Crippen LogP contribution in [0.3, 0.4) is 0 Å². The Kier molecular flexibility index (Phi) is 3.54. The molecule has 3 heterocycles. The topological polar surface area (TPSA) is 64.9 Å². The summed E-state index contributed by atoms with van der Waals surface area (Å²) >= 11 is 0. The lowest BCUT2D eigenvalue weighted by Gasteiger charge is -2.32. The number of nitrogens with one attached hydrogen (secondary N) is 1. The fourth-order valence-electron chi connectivity index (χ4n) is 3.03. The summed E-state index contributed by atoms with van der Waals surface area (Å²) in [4.78, 5) is 9.04. The average Bonchev–Trinajstić information content (AvgIpc) is 3.30. The average molecular weight is 299 g/mol. The second kappa shape index (κ2) is 5.68. The van der Waals surface area contributed by atoms with Crippen molar-refractivity contribution in [3.8, 4) is 0 Å². The highest BCUT2D eigenvalue weighted by Gasteiger charge is 2.30. The summed E-state index contributed by atoms with van der Waals surface area (Å²) in [6.45, 7) is 0.800. The second-order valence-electron chi connectivity index (χ2n) is 6.21. The van der Waals surface area contributed by atoms with E-state index in [1.807, 2.05) is 36.4 Å². The van der Waals surface area contributed by atoms with E-state index in [-0.39, 0.29) is 12.1 Å². The molecule has 116 valence electrons. The van der Waals surface area contributed by atoms with E-state index in [1.54, 1.807) is 0 Å². The van der Waals surface area contributed by atoms with Crippen LogP contribution in [0.25, 0.3) is 0 Å². The fourth-order valence-corrected chi connectivity index (χ4v) is 3.03. The van der Waals surface area contributed by atoms with Gasteiger partial charge in [-0.15, -0.1) is 0 Å². The normalized spacial score (nSPS) is 25.1. The predicted molar refractivity (Wildman–Crippen MR) is 82.6 cm³/mol. The van der Waals surface area contributed by atoms with E-state index in [1.165, 1.54) is 12.8 Å². The molecule has 0 amide bonds. The van der Waals surface area contributed by atoms with Gasteiger partial charge in [-0.05, 0) is 31.7 Å². The van der Waals surface area contributed by atoms with Gasteiger partial charge in [0.1, 0.15) is 17.7 Å². The van der Waals surface area contributed by atoms with Crippen molar-refractivity contribution in [2.24, 2.45) is 7.05 Å². The highest BCUT2D eigenvalue weighted by molar-refractivity contribution is 5.36. The molecule has 0 unspecified atom stereocenters. The molecule has 1 saturated heterocycles. The summed E-state index contributed by atoms with van der Waals surface area (Å²) in [6.07, 6.45) is 10.4. The molecule has 0 aromatic carbocycles. The van der Waals surface area contributed by atoms with Crippen molar-refractivity contribution in [2.75, 3.05) is 11.9 Å². The third-order valence-electron chi connectivity index (χ3n) is 4.33. The van der Waals surface area contributed by atoms with Crippen molar-refractivity contribution in [3.05, 3.63) is 36.0 Å². The number of rotatable bonds is 4. The predicted octanol–water partition coefficient (Wildman–Crippen LogP) is 2.42. The van der Waals surface area contributed by atoms with Crippen molar-refractivity contribution in [1.82, 2.24) is 19.7 Å². The number of aromatic nitrogens is 4. The summed E-state index contributed by atoms with van der Waals surface area (Å²) in [5, 5.41) is 7.81. The molecular formula is C16H21N5O. The molecule has 2 aliphatic rings. The minimum absolute atomic E-state index is 0.0294. The first-order valence-electron chi connectivity index (χ1n) is 7.99. The van der Waals surface area contributed by atoms with Gasteiger partial charge in [0.05, 0.1) is 12.2 Å². The SMILES string of the molecule is Cn1cc([C@H]2OCCC[C@@H]2Nc2ccnc(C3CC3)n2)cn1. The Morgan fingerprint density at radius 3 is 3.00 bits per heavy atom. The zero-order valence-electron chi connectivity index (χ0n) is 12.8. The molecule has 0 radical (unpaired) electrons. The van der Waals surface area contributed by atoms with Gasteiger partial charge in [-0.25, -0.2) is 9.97 Å². The summed E-state index contributed by atoms with van der Waals surface area (Å²) in [5.74, 6) is 2.44. The molecule has 1 aliphatic heterocycles. The van der Waals surface area contributed by atoms with E-state index in [2.05, 4.69) is 20.4 Å². The Balaban J connectivity index is 1.53. The molecule has 1 aliphatic carbocycles. The molecular weight excluding hydrogens is 278 g/mol. The maximum Gasteiger partial charge on any atom is 0.133 e. The van der Waals surface area contributed by atoms with Crippen LogP contribution < -0.4 is 5.32 Å². The smallest absolute Gasteiger partial charge is 0.133 e. The van der Waals surface area contributed by atoms with Crippen LogP contribution in [0.5, 0.6) is 0 Å². The van der Waals surface area contributed by atoms with Gasteiger partial charge in [-0.1, -0.05) is 0 Å². The highest BCUT2D eigenvalue weighted by Crippen LogP contribution is 2.38. The number of nitrogens with zero attached hydrogens (tertiary/aromatic N) is 4. The molecule has 2 fully saturated rings. The first kappa shape index (κ1) is 13.7. The van der Waals surface area contributed by atoms with Crippen molar-refractivity contribution in [1.29, 1.82) is 0 Å². The molecule has 2 atom stereocenters. The number of ether oxygens (including phenoxy) is 1.